The third-order valence-electron chi connectivity index (χ3n) is 4.28. The first kappa shape index (κ1) is 14.7. The van der Waals surface area contributed by atoms with Gasteiger partial charge in [-0.05, 0) is 23.1 Å². The minimum absolute atomic E-state index is 0.117. The van der Waals surface area contributed by atoms with Gasteiger partial charge >= 0.3 is 0 Å². The number of hydrogen-bond donors (Lipinski definition) is 2. The third kappa shape index (κ3) is 2.50. The van der Waals surface area contributed by atoms with Crippen LogP contribution < -0.4 is 0 Å². The fourth-order valence-corrected chi connectivity index (χ4v) is 2.91. The zero-order valence-electron chi connectivity index (χ0n) is 14.1. The zero-order valence-corrected chi connectivity index (χ0v) is 14.1. The predicted octanol–water partition coefficient (Wildman–Crippen LogP) is 4.92. The lowest BCUT2D eigenvalue weighted by molar-refractivity contribution is 0.591. The van der Waals surface area contributed by atoms with Gasteiger partial charge in [-0.3, -0.25) is 0 Å². The molecule has 2 N–H and O–H groups in total. The van der Waals surface area contributed by atoms with E-state index in [1.54, 1.807) is 6.20 Å². The summed E-state index contributed by atoms with van der Waals surface area (Å²) in [5.41, 5.74) is 5.54. The van der Waals surface area contributed by atoms with E-state index in [4.69, 9.17) is 4.98 Å². The van der Waals surface area contributed by atoms with Crippen molar-refractivity contribution in [2.75, 3.05) is 0 Å². The lowest BCUT2D eigenvalue weighted by Gasteiger charge is -2.18. The normalized spacial score (nSPS) is 12.0. The number of aromatic nitrogens is 4. The molecule has 4 nitrogen and oxygen atoms in total. The van der Waals surface area contributed by atoms with Crippen LogP contribution in [0.2, 0.25) is 0 Å². The van der Waals surface area contributed by atoms with Crippen molar-refractivity contribution in [2.24, 2.45) is 0 Å². The smallest absolute Gasteiger partial charge is 0.139 e. The fourth-order valence-electron chi connectivity index (χ4n) is 2.91. The number of hydrogen-bond acceptors (Lipinski definition) is 2. The summed E-state index contributed by atoms with van der Waals surface area (Å²) in [4.78, 5) is 15.8. The first-order chi connectivity index (χ1) is 11.5. The van der Waals surface area contributed by atoms with E-state index < -0.39 is 0 Å². The molecule has 4 rings (SSSR count). The lowest BCUT2D eigenvalue weighted by Crippen LogP contribution is -2.10. The van der Waals surface area contributed by atoms with Crippen LogP contribution in [0.3, 0.4) is 0 Å². The Kier molecular flexibility index (Phi) is 3.27. The molecule has 0 amide bonds. The van der Waals surface area contributed by atoms with Gasteiger partial charge in [0.2, 0.25) is 0 Å². The molecule has 2 heterocycles. The fraction of sp³-hybridized carbons (Fsp3) is 0.200. The van der Waals surface area contributed by atoms with Crippen molar-refractivity contribution >= 4 is 11.0 Å². The summed E-state index contributed by atoms with van der Waals surface area (Å²) in [6.07, 6.45) is 3.60. The molecule has 0 saturated heterocycles. The maximum atomic E-state index is 4.78. The summed E-state index contributed by atoms with van der Waals surface area (Å²) in [5, 5.41) is 0. The minimum Gasteiger partial charge on any atom is -0.345 e. The second-order valence-electron chi connectivity index (χ2n) is 7.05. The summed E-state index contributed by atoms with van der Waals surface area (Å²) in [6, 6.07) is 14.6. The molecule has 0 spiro atoms. The van der Waals surface area contributed by atoms with Gasteiger partial charge in [-0.2, -0.15) is 0 Å². The van der Waals surface area contributed by atoms with Crippen molar-refractivity contribution in [1.29, 1.82) is 0 Å². The number of benzene rings is 2. The Balaban J connectivity index is 1.86. The number of imidazole rings is 2. The maximum absolute atomic E-state index is 4.78. The van der Waals surface area contributed by atoms with Crippen molar-refractivity contribution in [3.8, 4) is 22.8 Å². The van der Waals surface area contributed by atoms with Crippen LogP contribution in [0.15, 0.2) is 54.9 Å². The van der Waals surface area contributed by atoms with Gasteiger partial charge in [0.25, 0.3) is 0 Å². The van der Waals surface area contributed by atoms with E-state index in [1.165, 1.54) is 5.56 Å². The van der Waals surface area contributed by atoms with E-state index in [-0.39, 0.29) is 5.41 Å². The van der Waals surface area contributed by atoms with E-state index in [2.05, 4.69) is 66.1 Å². The van der Waals surface area contributed by atoms with Crippen molar-refractivity contribution in [1.82, 2.24) is 19.9 Å². The van der Waals surface area contributed by atoms with Gasteiger partial charge in [0.1, 0.15) is 11.6 Å². The van der Waals surface area contributed by atoms with E-state index in [9.17, 15) is 0 Å². The highest BCUT2D eigenvalue weighted by molar-refractivity contribution is 5.84. The van der Waals surface area contributed by atoms with Gasteiger partial charge in [-0.1, -0.05) is 51.1 Å². The molecule has 0 radical (unpaired) electrons. The summed E-state index contributed by atoms with van der Waals surface area (Å²) in [7, 11) is 0. The van der Waals surface area contributed by atoms with Gasteiger partial charge < -0.3 is 9.97 Å². The molecular weight excluding hydrogens is 296 g/mol. The standard InChI is InChI=1S/C20H20N4/c1-20(2,3)13-8-9-16-17(12-13)24-19(23-16)15-7-5-4-6-14(15)18-21-10-11-22-18/h4-12H,1-3H3,(H,21,22)(H,23,24). The summed E-state index contributed by atoms with van der Waals surface area (Å²) < 4.78 is 0. The molecule has 0 aliphatic carbocycles. The van der Waals surface area contributed by atoms with E-state index >= 15 is 0 Å². The molecule has 0 unspecified atom stereocenters. The van der Waals surface area contributed by atoms with Gasteiger partial charge in [-0.15, -0.1) is 0 Å². The summed E-state index contributed by atoms with van der Waals surface area (Å²) >= 11 is 0. The van der Waals surface area contributed by atoms with Crippen LogP contribution >= 0.6 is 0 Å². The van der Waals surface area contributed by atoms with Crippen LogP contribution in [0.25, 0.3) is 33.8 Å². The Morgan fingerprint density at radius 1 is 0.917 bits per heavy atom. The molecule has 24 heavy (non-hydrogen) atoms. The molecule has 4 heteroatoms. The number of rotatable bonds is 2. The Labute approximate surface area is 141 Å². The van der Waals surface area contributed by atoms with Crippen LogP contribution in [0.4, 0.5) is 0 Å². The molecule has 0 aliphatic rings. The number of aromatic amines is 2. The maximum Gasteiger partial charge on any atom is 0.139 e. The first-order valence-corrected chi connectivity index (χ1v) is 8.12. The van der Waals surface area contributed by atoms with Gasteiger partial charge in [-0.25, -0.2) is 9.97 Å². The van der Waals surface area contributed by atoms with Gasteiger partial charge in [0.05, 0.1) is 11.0 Å². The largest absolute Gasteiger partial charge is 0.345 e. The van der Waals surface area contributed by atoms with Crippen molar-refractivity contribution in [3.63, 3.8) is 0 Å². The van der Waals surface area contributed by atoms with E-state index in [0.29, 0.717) is 0 Å². The van der Waals surface area contributed by atoms with Crippen LogP contribution in [0.1, 0.15) is 26.3 Å². The molecule has 4 aromatic rings. The van der Waals surface area contributed by atoms with Crippen molar-refractivity contribution in [3.05, 3.63) is 60.4 Å². The van der Waals surface area contributed by atoms with Crippen LogP contribution in [0, 0.1) is 0 Å². The van der Waals surface area contributed by atoms with E-state index in [1.807, 2.05) is 18.3 Å². The molecule has 0 aliphatic heterocycles. The Bertz CT molecular complexity index is 988. The van der Waals surface area contributed by atoms with E-state index in [0.717, 1.165) is 33.8 Å². The molecule has 2 aromatic carbocycles. The quantitative estimate of drug-likeness (QED) is 0.551. The molecule has 120 valence electrons. The van der Waals surface area contributed by atoms with Crippen LogP contribution in [0.5, 0.6) is 0 Å². The first-order valence-electron chi connectivity index (χ1n) is 8.12. The number of fused-ring (bicyclic) bond motifs is 1. The Morgan fingerprint density at radius 2 is 1.67 bits per heavy atom. The average molecular weight is 316 g/mol. The molecule has 0 atom stereocenters. The van der Waals surface area contributed by atoms with Crippen molar-refractivity contribution in [2.45, 2.75) is 26.2 Å². The summed E-state index contributed by atoms with van der Waals surface area (Å²) in [6.45, 7) is 6.66. The number of nitrogens with zero attached hydrogens (tertiary/aromatic N) is 2. The SMILES string of the molecule is CC(C)(C)c1ccc2nc(-c3ccccc3-c3ncc[nH]3)[nH]c2c1. The predicted molar refractivity (Wildman–Crippen MR) is 97.8 cm³/mol. The highest BCUT2D eigenvalue weighted by atomic mass is 14.9. The molecule has 0 bridgehead atoms. The monoisotopic (exact) mass is 316 g/mol. The molecule has 0 saturated carbocycles. The highest BCUT2D eigenvalue weighted by Crippen LogP contribution is 2.31. The highest BCUT2D eigenvalue weighted by Gasteiger charge is 2.16. The van der Waals surface area contributed by atoms with Crippen LogP contribution in [-0.2, 0) is 5.41 Å². The topological polar surface area (TPSA) is 57.4 Å². The summed E-state index contributed by atoms with van der Waals surface area (Å²) in [5.74, 6) is 1.71. The Morgan fingerprint density at radius 3 is 2.33 bits per heavy atom. The number of nitrogens with one attached hydrogen (secondary N) is 2. The molecular formula is C20H20N4. The minimum atomic E-state index is 0.117. The van der Waals surface area contributed by atoms with Crippen LogP contribution in [-0.4, -0.2) is 19.9 Å². The zero-order chi connectivity index (χ0) is 16.7. The average Bonchev–Trinajstić information content (AvgIpc) is 3.22. The second kappa shape index (κ2) is 5.34. The van der Waals surface area contributed by atoms with Crippen molar-refractivity contribution < 1.29 is 0 Å². The molecule has 2 aromatic heterocycles. The second-order valence-corrected chi connectivity index (χ2v) is 7.05. The Hall–Kier alpha value is -2.88. The van der Waals surface area contributed by atoms with Gasteiger partial charge in [0, 0.05) is 23.5 Å². The number of H-pyrrole nitrogens is 2. The lowest BCUT2D eigenvalue weighted by atomic mass is 9.87. The molecule has 0 fully saturated rings. The third-order valence-corrected chi connectivity index (χ3v) is 4.28. The van der Waals surface area contributed by atoms with Gasteiger partial charge in [0.15, 0.2) is 0 Å².